The van der Waals surface area contributed by atoms with Gasteiger partial charge in [-0.3, -0.25) is 18.6 Å². The zero-order chi connectivity index (χ0) is 26.1. The number of alkyl halides is 2. The molecule has 0 spiro atoms. The molecule has 1 aromatic heterocycles. The summed E-state index contributed by atoms with van der Waals surface area (Å²) in [6.07, 6.45) is 1.36. The van der Waals surface area contributed by atoms with Crippen LogP contribution in [0.1, 0.15) is 43.1 Å². The molecule has 3 atom stereocenters. The van der Waals surface area contributed by atoms with Gasteiger partial charge in [0.1, 0.15) is 24.0 Å². The largest absolute Gasteiger partial charge is 0.492 e. The van der Waals surface area contributed by atoms with Crippen LogP contribution in [0, 0.1) is 23.5 Å². The third kappa shape index (κ3) is 5.10. The molecule has 2 aliphatic rings. The maximum atomic E-state index is 15.7. The molecular weight excluding hydrogens is 482 g/mol. The molecule has 0 bridgehead atoms. The van der Waals surface area contributed by atoms with Crippen molar-refractivity contribution in [2.24, 2.45) is 11.8 Å². The lowest BCUT2D eigenvalue weighted by Crippen LogP contribution is -2.49. The Balaban J connectivity index is 1.46. The number of aromatic nitrogens is 1. The summed E-state index contributed by atoms with van der Waals surface area (Å²) in [5.74, 6) is -1.38. The Morgan fingerprint density at radius 1 is 1.11 bits per heavy atom. The van der Waals surface area contributed by atoms with Gasteiger partial charge in [-0.1, -0.05) is 25.1 Å². The van der Waals surface area contributed by atoms with Gasteiger partial charge in [0.05, 0.1) is 19.4 Å². The van der Waals surface area contributed by atoms with E-state index in [1.807, 2.05) is 43.0 Å². The lowest BCUT2D eigenvalue weighted by molar-refractivity contribution is 0.0667. The van der Waals surface area contributed by atoms with Crippen LogP contribution in [-0.2, 0) is 6.42 Å². The molecule has 0 radical (unpaired) electrons. The summed E-state index contributed by atoms with van der Waals surface area (Å²) in [5.41, 5.74) is 2.69. The second-order valence-electron chi connectivity index (χ2n) is 10.6. The van der Waals surface area contributed by atoms with E-state index in [9.17, 15) is 8.78 Å². The lowest BCUT2D eigenvalue weighted by Gasteiger charge is -2.42. The Bertz CT molecular complexity index is 1200. The highest BCUT2D eigenvalue weighted by atomic mass is 19.1. The van der Waals surface area contributed by atoms with Crippen LogP contribution < -0.4 is 4.74 Å². The molecule has 0 amide bonds. The maximum absolute atomic E-state index is 15.7. The number of nitrogens with one attached hydrogen (secondary N) is 1. The van der Waals surface area contributed by atoms with E-state index < -0.39 is 24.4 Å². The topological polar surface area (TPSA) is 31.5 Å². The third-order valence-corrected chi connectivity index (χ3v) is 8.04. The summed E-state index contributed by atoms with van der Waals surface area (Å²) in [4.78, 5) is 7.52. The van der Waals surface area contributed by atoms with Crippen molar-refractivity contribution in [2.75, 3.05) is 46.1 Å². The molecule has 1 N–H and O–H groups in total. The minimum absolute atomic E-state index is 0.0308. The molecule has 0 saturated carbocycles. The van der Waals surface area contributed by atoms with Gasteiger partial charge >= 0.3 is 0 Å². The first-order chi connectivity index (χ1) is 17.9. The van der Waals surface area contributed by atoms with E-state index in [1.165, 1.54) is 12.1 Å². The minimum atomic E-state index is -0.709. The standard InChI is InChI=1S/C29H35F4N3O/c1-3-19(13-30)17-36-18(2)10-23-22-6-4-5-7-26(22)34-28(23)29(36)27-24(32)11-21(12-25(27)33)37-9-8-35-15-20(14-31)16-35/h4-7,11-12,18-20,29,34H,3,8-10,13-17H2,1-2H3/t18-,19-,29-/m1/s1. The van der Waals surface area contributed by atoms with Crippen molar-refractivity contribution in [3.8, 4) is 5.75 Å². The summed E-state index contributed by atoms with van der Waals surface area (Å²) >= 11 is 0. The first kappa shape index (κ1) is 26.0. The molecule has 5 rings (SSSR count). The van der Waals surface area contributed by atoms with Crippen molar-refractivity contribution in [3.63, 3.8) is 0 Å². The quantitative estimate of drug-likeness (QED) is 0.332. The number of hydrogen-bond donors (Lipinski definition) is 1. The van der Waals surface area contributed by atoms with E-state index in [2.05, 4.69) is 9.88 Å². The molecule has 3 aromatic rings. The Hall–Kier alpha value is -2.58. The molecule has 37 heavy (non-hydrogen) atoms. The van der Waals surface area contributed by atoms with E-state index >= 15 is 8.78 Å². The predicted molar refractivity (Wildman–Crippen MR) is 138 cm³/mol. The molecule has 1 saturated heterocycles. The van der Waals surface area contributed by atoms with Gasteiger partial charge in [0.25, 0.3) is 0 Å². The lowest BCUT2D eigenvalue weighted by atomic mass is 9.87. The van der Waals surface area contributed by atoms with Gasteiger partial charge < -0.3 is 9.72 Å². The number of nitrogens with zero attached hydrogens (tertiary/aromatic N) is 2. The number of para-hydroxylation sites is 1. The molecule has 3 heterocycles. The van der Waals surface area contributed by atoms with Crippen LogP contribution in [-0.4, -0.2) is 67.0 Å². The van der Waals surface area contributed by atoms with Crippen molar-refractivity contribution in [1.82, 2.24) is 14.8 Å². The van der Waals surface area contributed by atoms with Crippen LogP contribution in [0.4, 0.5) is 17.6 Å². The minimum Gasteiger partial charge on any atom is -0.492 e. The fourth-order valence-electron chi connectivity index (χ4n) is 5.84. The van der Waals surface area contributed by atoms with Crippen LogP contribution in [0.15, 0.2) is 36.4 Å². The van der Waals surface area contributed by atoms with Gasteiger partial charge in [-0.25, -0.2) is 8.78 Å². The smallest absolute Gasteiger partial charge is 0.135 e. The van der Waals surface area contributed by atoms with Crippen molar-refractivity contribution < 1.29 is 22.3 Å². The average molecular weight is 518 g/mol. The van der Waals surface area contributed by atoms with Gasteiger partial charge in [0.15, 0.2) is 0 Å². The summed E-state index contributed by atoms with van der Waals surface area (Å²) < 4.78 is 63.5. The van der Waals surface area contributed by atoms with E-state index in [4.69, 9.17) is 4.74 Å². The van der Waals surface area contributed by atoms with Crippen molar-refractivity contribution in [3.05, 3.63) is 64.9 Å². The van der Waals surface area contributed by atoms with Gasteiger partial charge in [-0.15, -0.1) is 0 Å². The third-order valence-electron chi connectivity index (χ3n) is 8.04. The molecule has 4 nitrogen and oxygen atoms in total. The van der Waals surface area contributed by atoms with Crippen LogP contribution in [0.2, 0.25) is 0 Å². The number of likely N-dealkylation sites (tertiary alicyclic amines) is 1. The SMILES string of the molecule is CC[C@H](CF)CN1[C@H](c2c(F)cc(OCCN3CC(CF)C3)cc2F)c2[nH]c3ccccc3c2C[C@H]1C. The highest BCUT2D eigenvalue weighted by molar-refractivity contribution is 5.85. The Kier molecular flexibility index (Phi) is 7.77. The van der Waals surface area contributed by atoms with Crippen LogP contribution >= 0.6 is 0 Å². The number of rotatable bonds is 10. The van der Waals surface area contributed by atoms with E-state index in [1.54, 1.807) is 0 Å². The number of fused-ring (bicyclic) bond motifs is 3. The molecule has 0 unspecified atom stereocenters. The monoisotopic (exact) mass is 517 g/mol. The van der Waals surface area contributed by atoms with Gasteiger partial charge in [0.2, 0.25) is 0 Å². The Morgan fingerprint density at radius 2 is 1.84 bits per heavy atom. The first-order valence-corrected chi connectivity index (χ1v) is 13.2. The first-order valence-electron chi connectivity index (χ1n) is 13.2. The highest BCUT2D eigenvalue weighted by Crippen LogP contribution is 2.43. The fraction of sp³-hybridized carbons (Fsp3) is 0.517. The van der Waals surface area contributed by atoms with E-state index in [0.717, 1.165) is 22.2 Å². The number of hydrogen-bond acceptors (Lipinski definition) is 3. The van der Waals surface area contributed by atoms with Gasteiger partial charge in [-0.2, -0.15) is 0 Å². The normalized spacial score (nSPS) is 21.7. The molecule has 8 heteroatoms. The predicted octanol–water partition coefficient (Wildman–Crippen LogP) is 6.06. The van der Waals surface area contributed by atoms with Crippen molar-refractivity contribution in [1.29, 1.82) is 0 Å². The molecule has 2 aromatic carbocycles. The Labute approximate surface area is 215 Å². The van der Waals surface area contributed by atoms with Gasteiger partial charge in [-0.05, 0) is 37.3 Å². The maximum Gasteiger partial charge on any atom is 0.135 e. The fourth-order valence-corrected chi connectivity index (χ4v) is 5.84. The molecule has 0 aliphatic carbocycles. The number of ether oxygens (including phenoxy) is 1. The van der Waals surface area contributed by atoms with Crippen LogP contribution in [0.3, 0.4) is 0 Å². The molecule has 1 fully saturated rings. The number of benzene rings is 2. The van der Waals surface area contributed by atoms with Crippen molar-refractivity contribution >= 4 is 10.9 Å². The van der Waals surface area contributed by atoms with Crippen LogP contribution in [0.5, 0.6) is 5.75 Å². The van der Waals surface area contributed by atoms with Gasteiger partial charge in [0, 0.05) is 72.4 Å². The number of halogens is 4. The van der Waals surface area contributed by atoms with E-state index in [0.29, 0.717) is 39.0 Å². The van der Waals surface area contributed by atoms with Crippen molar-refractivity contribution in [2.45, 2.75) is 38.8 Å². The summed E-state index contributed by atoms with van der Waals surface area (Å²) in [6, 6.07) is 9.63. The zero-order valence-electron chi connectivity index (χ0n) is 21.5. The summed E-state index contributed by atoms with van der Waals surface area (Å²) in [5, 5.41) is 1.05. The molecule has 2 aliphatic heterocycles. The average Bonchev–Trinajstić information content (AvgIpc) is 3.22. The second kappa shape index (κ2) is 11.0. The molecule has 200 valence electrons. The number of H-pyrrole nitrogens is 1. The van der Waals surface area contributed by atoms with E-state index in [-0.39, 0.29) is 42.5 Å². The highest BCUT2D eigenvalue weighted by Gasteiger charge is 2.39. The Morgan fingerprint density at radius 3 is 2.51 bits per heavy atom. The summed E-state index contributed by atoms with van der Waals surface area (Å²) in [7, 11) is 0. The second-order valence-corrected chi connectivity index (χ2v) is 10.6. The summed E-state index contributed by atoms with van der Waals surface area (Å²) in [6.45, 7) is 5.79. The van der Waals surface area contributed by atoms with Crippen LogP contribution in [0.25, 0.3) is 10.9 Å². The number of aromatic amines is 1. The molecular formula is C29H35F4N3O. The zero-order valence-corrected chi connectivity index (χ0v) is 21.5.